The second-order valence-electron chi connectivity index (χ2n) is 4.01. The van der Waals surface area contributed by atoms with Crippen LogP contribution in [0, 0.1) is 12.7 Å². The summed E-state index contributed by atoms with van der Waals surface area (Å²) in [5.74, 6) is -0.797. The highest BCUT2D eigenvalue weighted by Gasteiger charge is 2.13. The summed E-state index contributed by atoms with van der Waals surface area (Å²) in [5, 5.41) is 3.02. The number of amides is 1. The Morgan fingerprint density at radius 2 is 2.05 bits per heavy atom. The van der Waals surface area contributed by atoms with Crippen molar-refractivity contribution in [2.24, 2.45) is 0 Å². The third kappa shape index (κ3) is 3.14. The lowest BCUT2D eigenvalue weighted by Crippen LogP contribution is -2.13. The van der Waals surface area contributed by atoms with Crippen molar-refractivity contribution in [1.29, 1.82) is 0 Å². The van der Waals surface area contributed by atoms with E-state index in [0.717, 1.165) is 5.56 Å². The number of anilines is 1. The summed E-state index contributed by atoms with van der Waals surface area (Å²) in [4.78, 5) is 12.1. The predicted octanol–water partition coefficient (Wildman–Crippen LogP) is 4.80. The number of nitrogens with one attached hydrogen (secondary N) is 1. The molecule has 0 fully saturated rings. The third-order valence-electron chi connectivity index (χ3n) is 2.61. The maximum absolute atomic E-state index is 13.1. The van der Waals surface area contributed by atoms with E-state index in [2.05, 4.69) is 21.2 Å². The summed E-state index contributed by atoms with van der Waals surface area (Å²) in [6.45, 7) is 1.82. The van der Waals surface area contributed by atoms with E-state index in [1.54, 1.807) is 12.1 Å². The van der Waals surface area contributed by atoms with Crippen molar-refractivity contribution in [3.63, 3.8) is 0 Å². The van der Waals surface area contributed by atoms with Gasteiger partial charge < -0.3 is 5.32 Å². The van der Waals surface area contributed by atoms with Gasteiger partial charge in [-0.05, 0) is 52.7 Å². The monoisotopic (exact) mass is 341 g/mol. The highest BCUT2D eigenvalue weighted by Crippen LogP contribution is 2.26. The lowest BCUT2D eigenvalue weighted by Gasteiger charge is -2.09. The predicted molar refractivity (Wildman–Crippen MR) is 78.2 cm³/mol. The van der Waals surface area contributed by atoms with E-state index >= 15 is 0 Å². The topological polar surface area (TPSA) is 29.1 Å². The maximum atomic E-state index is 13.1. The third-order valence-corrected chi connectivity index (χ3v) is 3.81. The Morgan fingerprint density at radius 3 is 2.79 bits per heavy atom. The van der Waals surface area contributed by atoms with Crippen LogP contribution in [-0.4, -0.2) is 5.91 Å². The molecule has 19 heavy (non-hydrogen) atoms. The zero-order valence-corrected chi connectivity index (χ0v) is 12.3. The molecule has 2 aromatic rings. The van der Waals surface area contributed by atoms with Gasteiger partial charge in [0.05, 0.1) is 16.3 Å². The van der Waals surface area contributed by atoms with Gasteiger partial charge in [-0.2, -0.15) is 0 Å². The zero-order valence-electron chi connectivity index (χ0n) is 10.0. The zero-order chi connectivity index (χ0) is 14.0. The van der Waals surface area contributed by atoms with Crippen LogP contribution in [0.3, 0.4) is 0 Å². The molecule has 0 radical (unpaired) electrons. The molecule has 5 heteroatoms. The van der Waals surface area contributed by atoms with Crippen molar-refractivity contribution < 1.29 is 9.18 Å². The van der Waals surface area contributed by atoms with Crippen LogP contribution in [0.5, 0.6) is 0 Å². The van der Waals surface area contributed by atoms with E-state index in [1.165, 1.54) is 18.2 Å². The van der Waals surface area contributed by atoms with Gasteiger partial charge in [-0.3, -0.25) is 4.79 Å². The summed E-state index contributed by atoms with van der Waals surface area (Å²) in [6, 6.07) is 9.26. The molecule has 0 aliphatic carbocycles. The van der Waals surface area contributed by atoms with Crippen molar-refractivity contribution in [1.82, 2.24) is 0 Å². The second-order valence-corrected chi connectivity index (χ2v) is 5.25. The Morgan fingerprint density at radius 1 is 1.32 bits per heavy atom. The molecule has 0 bridgehead atoms. The largest absolute Gasteiger partial charge is 0.321 e. The molecule has 0 unspecified atom stereocenters. The van der Waals surface area contributed by atoms with Gasteiger partial charge in [0, 0.05) is 4.47 Å². The minimum atomic E-state index is -0.422. The average Bonchev–Trinajstić information content (AvgIpc) is 2.37. The number of hydrogen-bond donors (Lipinski definition) is 1. The number of rotatable bonds is 2. The van der Waals surface area contributed by atoms with Gasteiger partial charge in [-0.15, -0.1) is 0 Å². The van der Waals surface area contributed by atoms with Crippen molar-refractivity contribution in [3.05, 3.63) is 62.8 Å². The Hall–Kier alpha value is -1.39. The Balaban J connectivity index is 2.31. The van der Waals surface area contributed by atoms with Gasteiger partial charge in [-0.25, -0.2) is 4.39 Å². The van der Waals surface area contributed by atoms with E-state index in [1.807, 2.05) is 13.0 Å². The van der Waals surface area contributed by atoms with Crippen molar-refractivity contribution in [2.45, 2.75) is 6.92 Å². The quantitative estimate of drug-likeness (QED) is 0.834. The number of halogens is 3. The summed E-state index contributed by atoms with van der Waals surface area (Å²) in [5.41, 5.74) is 1.54. The molecule has 0 aromatic heterocycles. The first-order chi connectivity index (χ1) is 8.99. The number of hydrogen-bond acceptors (Lipinski definition) is 1. The molecule has 2 aromatic carbocycles. The standard InChI is InChI=1S/C14H10BrClFNO/c1-8-3-2-4-10(13(8)16)14(19)18-12-7-9(17)5-6-11(12)15/h2-7H,1H3,(H,18,19). The van der Waals surface area contributed by atoms with Gasteiger partial charge in [0.15, 0.2) is 0 Å². The molecule has 0 atom stereocenters. The van der Waals surface area contributed by atoms with Crippen LogP contribution in [0.2, 0.25) is 5.02 Å². The number of carbonyl (C=O) groups excluding carboxylic acids is 1. The second kappa shape index (κ2) is 5.72. The smallest absolute Gasteiger partial charge is 0.257 e. The Bertz CT molecular complexity index is 645. The van der Waals surface area contributed by atoms with E-state index in [9.17, 15) is 9.18 Å². The fourth-order valence-corrected chi connectivity index (χ4v) is 2.16. The van der Waals surface area contributed by atoms with E-state index in [0.29, 0.717) is 20.7 Å². The number of aryl methyl sites for hydroxylation is 1. The van der Waals surface area contributed by atoms with Crippen molar-refractivity contribution in [2.75, 3.05) is 5.32 Å². The fraction of sp³-hybridized carbons (Fsp3) is 0.0714. The molecule has 0 aliphatic rings. The van der Waals surface area contributed by atoms with Gasteiger partial charge in [0.25, 0.3) is 5.91 Å². The van der Waals surface area contributed by atoms with Crippen LogP contribution in [-0.2, 0) is 0 Å². The molecule has 0 saturated carbocycles. The van der Waals surface area contributed by atoms with E-state index in [-0.39, 0.29) is 5.91 Å². The fourth-order valence-electron chi connectivity index (χ4n) is 1.61. The first kappa shape index (κ1) is 14.0. The molecule has 1 amide bonds. The molecule has 0 heterocycles. The molecule has 98 valence electrons. The van der Waals surface area contributed by atoms with Crippen LogP contribution in [0.4, 0.5) is 10.1 Å². The van der Waals surface area contributed by atoms with Crippen LogP contribution < -0.4 is 5.32 Å². The van der Waals surface area contributed by atoms with Crippen molar-refractivity contribution >= 4 is 39.1 Å². The summed E-state index contributed by atoms with van der Waals surface area (Å²) in [6.07, 6.45) is 0. The molecule has 0 aliphatic heterocycles. The molecule has 1 N–H and O–H groups in total. The summed E-state index contributed by atoms with van der Waals surface area (Å²) >= 11 is 9.33. The van der Waals surface area contributed by atoms with Gasteiger partial charge in [0.1, 0.15) is 5.82 Å². The number of benzene rings is 2. The maximum Gasteiger partial charge on any atom is 0.257 e. The lowest BCUT2D eigenvalue weighted by atomic mass is 10.1. The highest BCUT2D eigenvalue weighted by atomic mass is 79.9. The average molecular weight is 343 g/mol. The van der Waals surface area contributed by atoms with Crippen LogP contribution in [0.15, 0.2) is 40.9 Å². The molecular formula is C14H10BrClFNO. The minimum Gasteiger partial charge on any atom is -0.321 e. The summed E-state index contributed by atoms with van der Waals surface area (Å²) < 4.78 is 13.7. The van der Waals surface area contributed by atoms with Crippen LogP contribution in [0.25, 0.3) is 0 Å². The Kier molecular flexibility index (Phi) is 4.22. The summed E-state index contributed by atoms with van der Waals surface area (Å²) in [7, 11) is 0. The van der Waals surface area contributed by atoms with Crippen LogP contribution >= 0.6 is 27.5 Å². The van der Waals surface area contributed by atoms with Crippen molar-refractivity contribution in [3.8, 4) is 0 Å². The molecular weight excluding hydrogens is 333 g/mol. The van der Waals surface area contributed by atoms with Crippen LogP contribution in [0.1, 0.15) is 15.9 Å². The molecule has 2 rings (SSSR count). The Labute approximate surface area is 123 Å². The van der Waals surface area contributed by atoms with Gasteiger partial charge in [-0.1, -0.05) is 23.7 Å². The van der Waals surface area contributed by atoms with Gasteiger partial charge >= 0.3 is 0 Å². The molecule has 2 nitrogen and oxygen atoms in total. The SMILES string of the molecule is Cc1cccc(C(=O)Nc2cc(F)ccc2Br)c1Cl. The first-order valence-electron chi connectivity index (χ1n) is 5.50. The normalized spacial score (nSPS) is 10.3. The molecule has 0 saturated heterocycles. The van der Waals surface area contributed by atoms with E-state index in [4.69, 9.17) is 11.6 Å². The highest BCUT2D eigenvalue weighted by molar-refractivity contribution is 9.10. The molecule has 0 spiro atoms. The number of carbonyl (C=O) groups is 1. The van der Waals surface area contributed by atoms with Gasteiger partial charge in [0.2, 0.25) is 0 Å². The first-order valence-corrected chi connectivity index (χ1v) is 6.67. The minimum absolute atomic E-state index is 0.359. The lowest BCUT2D eigenvalue weighted by molar-refractivity contribution is 0.102. The van der Waals surface area contributed by atoms with E-state index < -0.39 is 5.82 Å².